The van der Waals surface area contributed by atoms with E-state index in [1.165, 1.54) is 0 Å². The van der Waals surface area contributed by atoms with Crippen molar-refractivity contribution in [1.82, 2.24) is 10.6 Å². The minimum atomic E-state index is -0.895. The fourth-order valence-corrected chi connectivity index (χ4v) is 2.08. The van der Waals surface area contributed by atoms with Crippen LogP contribution in [0.2, 0.25) is 0 Å². The van der Waals surface area contributed by atoms with E-state index < -0.39 is 17.5 Å². The van der Waals surface area contributed by atoms with Crippen LogP contribution in [0.15, 0.2) is 0 Å². The second-order valence-corrected chi connectivity index (χ2v) is 4.64. The first-order chi connectivity index (χ1) is 8.44. The number of urea groups is 1. The number of nitrogens with two attached hydrogens (primary N) is 2. The highest BCUT2D eigenvalue weighted by Gasteiger charge is 2.34. The van der Waals surface area contributed by atoms with Gasteiger partial charge in [-0.3, -0.25) is 14.9 Å². The highest BCUT2D eigenvalue weighted by molar-refractivity contribution is 5.94. The molecule has 8 heteroatoms. The van der Waals surface area contributed by atoms with Crippen LogP contribution in [0, 0.1) is 0 Å². The molecule has 0 radical (unpaired) electrons. The molecular weight excluding hydrogens is 272 g/mol. The van der Waals surface area contributed by atoms with E-state index in [1.807, 2.05) is 5.32 Å². The first-order valence-electron chi connectivity index (χ1n) is 6.10. The van der Waals surface area contributed by atoms with Crippen molar-refractivity contribution in [1.29, 1.82) is 0 Å². The van der Waals surface area contributed by atoms with Gasteiger partial charge in [-0.05, 0) is 12.8 Å². The molecule has 110 valence electrons. The Hall–Kier alpha value is -1.34. The number of amides is 4. The lowest BCUT2D eigenvalue weighted by molar-refractivity contribution is -0.127. The van der Waals surface area contributed by atoms with Crippen molar-refractivity contribution in [3.05, 3.63) is 0 Å². The summed E-state index contributed by atoms with van der Waals surface area (Å²) in [7, 11) is 0. The van der Waals surface area contributed by atoms with Gasteiger partial charge >= 0.3 is 6.03 Å². The zero-order chi connectivity index (χ0) is 13.6. The van der Waals surface area contributed by atoms with E-state index in [1.54, 1.807) is 0 Å². The topological polar surface area (TPSA) is 127 Å². The van der Waals surface area contributed by atoms with Gasteiger partial charge < -0.3 is 16.8 Å². The molecule has 0 aromatic carbocycles. The molecule has 7 nitrogen and oxygen atoms in total. The Bertz CT molecular complexity index is 343. The highest BCUT2D eigenvalue weighted by atomic mass is 35.5. The summed E-state index contributed by atoms with van der Waals surface area (Å²) in [6.07, 6.45) is 4.36. The monoisotopic (exact) mass is 292 g/mol. The third kappa shape index (κ3) is 5.89. The lowest BCUT2D eigenvalue weighted by Crippen LogP contribution is -2.55. The van der Waals surface area contributed by atoms with Gasteiger partial charge in [-0.1, -0.05) is 19.3 Å². The van der Waals surface area contributed by atoms with E-state index in [2.05, 4.69) is 5.32 Å². The molecule has 6 N–H and O–H groups in total. The summed E-state index contributed by atoms with van der Waals surface area (Å²) in [6, 6.07) is -0.895. The van der Waals surface area contributed by atoms with Gasteiger partial charge in [0, 0.05) is 13.0 Å². The van der Waals surface area contributed by atoms with Gasteiger partial charge in [0.1, 0.15) is 0 Å². The van der Waals surface area contributed by atoms with Crippen LogP contribution >= 0.6 is 12.4 Å². The quantitative estimate of drug-likeness (QED) is 0.570. The van der Waals surface area contributed by atoms with Gasteiger partial charge in [-0.25, -0.2) is 4.79 Å². The predicted octanol–water partition coefficient (Wildman–Crippen LogP) is -0.229. The number of nitrogens with one attached hydrogen (secondary N) is 2. The van der Waals surface area contributed by atoms with E-state index in [9.17, 15) is 14.4 Å². The van der Waals surface area contributed by atoms with Crippen LogP contribution in [0.1, 0.15) is 38.5 Å². The Kier molecular flexibility index (Phi) is 7.40. The zero-order valence-electron chi connectivity index (χ0n) is 10.7. The summed E-state index contributed by atoms with van der Waals surface area (Å²) < 4.78 is 0. The number of carbonyl (C=O) groups excluding carboxylic acids is 3. The van der Waals surface area contributed by atoms with E-state index in [4.69, 9.17) is 11.5 Å². The molecule has 1 rings (SSSR count). The number of rotatable bonds is 4. The molecular formula is C11H21ClN4O3. The maximum Gasteiger partial charge on any atom is 0.318 e. The predicted molar refractivity (Wildman–Crippen MR) is 72.6 cm³/mol. The van der Waals surface area contributed by atoms with Crippen LogP contribution in [-0.2, 0) is 9.59 Å². The highest BCUT2D eigenvalue weighted by Crippen LogP contribution is 2.25. The largest absolute Gasteiger partial charge is 0.354 e. The molecule has 1 aliphatic rings. The summed E-state index contributed by atoms with van der Waals surface area (Å²) in [5.74, 6) is -0.744. The van der Waals surface area contributed by atoms with Crippen LogP contribution in [-0.4, -0.2) is 29.9 Å². The van der Waals surface area contributed by atoms with Gasteiger partial charge in [-0.2, -0.15) is 0 Å². The van der Waals surface area contributed by atoms with Crippen molar-refractivity contribution >= 4 is 30.3 Å². The second-order valence-electron chi connectivity index (χ2n) is 4.64. The van der Waals surface area contributed by atoms with E-state index >= 15 is 0 Å². The third-order valence-corrected chi connectivity index (χ3v) is 3.10. The lowest BCUT2D eigenvalue weighted by Gasteiger charge is -2.31. The average Bonchev–Trinajstić information content (AvgIpc) is 2.28. The van der Waals surface area contributed by atoms with Crippen LogP contribution in [0.25, 0.3) is 0 Å². The SMILES string of the molecule is Cl.NC(=O)NC(=O)CCNC(=O)C1(N)CCCCC1. The van der Waals surface area contributed by atoms with E-state index in [0.717, 1.165) is 19.3 Å². The molecule has 19 heavy (non-hydrogen) atoms. The molecule has 0 aliphatic heterocycles. The minimum absolute atomic E-state index is 0. The number of primary amides is 1. The molecule has 1 aliphatic carbocycles. The number of halogens is 1. The second kappa shape index (κ2) is 7.96. The van der Waals surface area contributed by atoms with Gasteiger partial charge in [-0.15, -0.1) is 12.4 Å². The van der Waals surface area contributed by atoms with Crippen LogP contribution in [0.3, 0.4) is 0 Å². The summed E-state index contributed by atoms with van der Waals surface area (Å²) in [6.45, 7) is 0.150. The first-order valence-corrected chi connectivity index (χ1v) is 6.10. The molecule has 0 bridgehead atoms. The third-order valence-electron chi connectivity index (χ3n) is 3.10. The molecule has 4 amide bonds. The number of hydrogen-bond donors (Lipinski definition) is 4. The molecule has 0 heterocycles. The number of carbonyl (C=O) groups is 3. The number of hydrogen-bond acceptors (Lipinski definition) is 4. The fourth-order valence-electron chi connectivity index (χ4n) is 2.08. The van der Waals surface area contributed by atoms with Crippen molar-refractivity contribution in [2.24, 2.45) is 11.5 Å². The van der Waals surface area contributed by atoms with E-state index in [0.29, 0.717) is 12.8 Å². The molecule has 0 aromatic heterocycles. The van der Waals surface area contributed by atoms with Crippen molar-refractivity contribution in [3.63, 3.8) is 0 Å². The van der Waals surface area contributed by atoms with Crippen molar-refractivity contribution in [2.75, 3.05) is 6.54 Å². The Balaban J connectivity index is 0.00000324. The van der Waals surface area contributed by atoms with Crippen LogP contribution < -0.4 is 22.1 Å². The minimum Gasteiger partial charge on any atom is -0.354 e. The van der Waals surface area contributed by atoms with Crippen molar-refractivity contribution in [3.8, 4) is 0 Å². The van der Waals surface area contributed by atoms with Gasteiger partial charge in [0.2, 0.25) is 11.8 Å². The van der Waals surface area contributed by atoms with Crippen molar-refractivity contribution < 1.29 is 14.4 Å². The van der Waals surface area contributed by atoms with Gasteiger partial charge in [0.15, 0.2) is 0 Å². The lowest BCUT2D eigenvalue weighted by atomic mass is 9.82. The van der Waals surface area contributed by atoms with Crippen LogP contribution in [0.5, 0.6) is 0 Å². The molecule has 0 spiro atoms. The average molecular weight is 293 g/mol. The fraction of sp³-hybridized carbons (Fsp3) is 0.727. The molecule has 0 saturated heterocycles. The first kappa shape index (κ1) is 17.7. The Labute approximate surface area is 118 Å². The standard InChI is InChI=1S/C11H20N4O3.ClH/c12-10(18)15-8(16)4-7-14-9(17)11(13)5-2-1-3-6-11;/h1-7,13H2,(H,14,17)(H3,12,15,16,18);1H. The maximum absolute atomic E-state index is 11.9. The summed E-state index contributed by atoms with van der Waals surface area (Å²) >= 11 is 0. The Morgan fingerprint density at radius 1 is 1.11 bits per heavy atom. The van der Waals surface area contributed by atoms with Crippen LogP contribution in [0.4, 0.5) is 4.79 Å². The number of imide groups is 1. The smallest absolute Gasteiger partial charge is 0.318 e. The molecule has 1 fully saturated rings. The Morgan fingerprint density at radius 2 is 1.68 bits per heavy atom. The Morgan fingerprint density at radius 3 is 2.21 bits per heavy atom. The summed E-state index contributed by atoms with van der Waals surface area (Å²) in [5, 5.41) is 4.54. The van der Waals surface area contributed by atoms with Crippen molar-refractivity contribution in [2.45, 2.75) is 44.1 Å². The summed E-state index contributed by atoms with van der Waals surface area (Å²) in [4.78, 5) is 33.3. The molecule has 0 atom stereocenters. The molecule has 0 aromatic rings. The summed E-state index contributed by atoms with van der Waals surface area (Å²) in [5.41, 5.74) is 9.99. The van der Waals surface area contributed by atoms with E-state index in [-0.39, 0.29) is 31.3 Å². The van der Waals surface area contributed by atoms with Gasteiger partial charge in [0.05, 0.1) is 5.54 Å². The normalized spacial score (nSPS) is 16.9. The maximum atomic E-state index is 11.9. The zero-order valence-corrected chi connectivity index (χ0v) is 11.6. The molecule has 1 saturated carbocycles. The van der Waals surface area contributed by atoms with Gasteiger partial charge in [0.25, 0.3) is 0 Å². The molecule has 0 unspecified atom stereocenters.